The number of hydrogen-bond acceptors (Lipinski definition) is 3. The predicted octanol–water partition coefficient (Wildman–Crippen LogP) is 4.97. The highest BCUT2D eigenvalue weighted by molar-refractivity contribution is 14.1. The van der Waals surface area contributed by atoms with Crippen LogP contribution in [0.3, 0.4) is 0 Å². The number of fused-ring (bicyclic) bond motifs is 3. The third-order valence-corrected chi connectivity index (χ3v) is 5.82. The van der Waals surface area contributed by atoms with E-state index in [4.69, 9.17) is 4.74 Å². The number of aliphatic carboxylic acids is 1. The molecule has 1 aliphatic carbocycles. The number of benzene rings is 2. The summed E-state index contributed by atoms with van der Waals surface area (Å²) in [6.45, 7) is 0.182. The maximum absolute atomic E-state index is 12.2. The molecule has 0 saturated carbocycles. The molecule has 148 valence electrons. The summed E-state index contributed by atoms with van der Waals surface area (Å²) < 4.78 is 6.48. The average molecular weight is 493 g/mol. The molecule has 0 aliphatic heterocycles. The van der Waals surface area contributed by atoms with Gasteiger partial charge in [-0.25, -0.2) is 9.59 Å². The summed E-state index contributed by atoms with van der Waals surface area (Å²) in [6.07, 6.45) is 2.51. The largest absolute Gasteiger partial charge is 0.480 e. The van der Waals surface area contributed by atoms with Gasteiger partial charge in [-0.15, -0.1) is 0 Å². The predicted molar refractivity (Wildman–Crippen MR) is 117 cm³/mol. The van der Waals surface area contributed by atoms with Gasteiger partial charge in [0.25, 0.3) is 0 Å². The van der Waals surface area contributed by atoms with Gasteiger partial charge in [-0.1, -0.05) is 84.0 Å². The zero-order valence-corrected chi connectivity index (χ0v) is 17.7. The number of nitrogens with one attached hydrogen (secondary N) is 1. The molecule has 28 heavy (non-hydrogen) atoms. The zero-order valence-electron chi connectivity index (χ0n) is 15.6. The Balaban J connectivity index is 1.60. The third-order valence-electron chi connectivity index (χ3n) is 5.06. The van der Waals surface area contributed by atoms with Crippen molar-refractivity contribution in [1.82, 2.24) is 5.32 Å². The molecule has 1 atom stereocenters. The molecule has 1 amide bonds. The van der Waals surface area contributed by atoms with E-state index in [1.54, 1.807) is 0 Å². The van der Waals surface area contributed by atoms with Gasteiger partial charge in [0.2, 0.25) is 0 Å². The van der Waals surface area contributed by atoms with Crippen LogP contribution in [-0.2, 0) is 9.53 Å². The van der Waals surface area contributed by atoms with Crippen molar-refractivity contribution >= 4 is 34.7 Å². The van der Waals surface area contributed by atoms with E-state index in [9.17, 15) is 14.7 Å². The molecule has 0 aromatic heterocycles. The summed E-state index contributed by atoms with van der Waals surface area (Å²) in [7, 11) is 0. The lowest BCUT2D eigenvalue weighted by Gasteiger charge is -2.17. The number of carboxylic acids is 1. The Morgan fingerprint density at radius 1 is 1.00 bits per heavy atom. The first-order valence-corrected chi connectivity index (χ1v) is 11.0. The van der Waals surface area contributed by atoms with E-state index in [1.807, 2.05) is 24.3 Å². The minimum absolute atomic E-state index is 0.0370. The Hall–Kier alpha value is -2.09. The van der Waals surface area contributed by atoms with Crippen LogP contribution < -0.4 is 5.32 Å². The quantitative estimate of drug-likeness (QED) is 0.294. The number of ether oxygens (including phenoxy) is 1. The van der Waals surface area contributed by atoms with Gasteiger partial charge in [0.1, 0.15) is 12.6 Å². The van der Waals surface area contributed by atoms with Gasteiger partial charge in [-0.2, -0.15) is 0 Å². The van der Waals surface area contributed by atoms with Crippen molar-refractivity contribution in [2.75, 3.05) is 11.0 Å². The van der Waals surface area contributed by atoms with Gasteiger partial charge in [0.15, 0.2) is 0 Å². The summed E-state index contributed by atoms with van der Waals surface area (Å²) in [5.74, 6) is -1.06. The van der Waals surface area contributed by atoms with E-state index in [0.29, 0.717) is 6.42 Å². The number of unbranched alkanes of at least 4 members (excludes halogenated alkanes) is 2. The van der Waals surface area contributed by atoms with Crippen LogP contribution in [0.15, 0.2) is 48.5 Å². The first kappa shape index (κ1) is 20.6. The highest BCUT2D eigenvalue weighted by Gasteiger charge is 2.29. The van der Waals surface area contributed by atoms with Crippen molar-refractivity contribution in [2.24, 2.45) is 0 Å². The Morgan fingerprint density at radius 2 is 1.61 bits per heavy atom. The Morgan fingerprint density at radius 3 is 2.18 bits per heavy atom. The van der Waals surface area contributed by atoms with E-state index in [1.165, 1.54) is 0 Å². The van der Waals surface area contributed by atoms with Crippen LogP contribution in [-0.4, -0.2) is 34.2 Å². The van der Waals surface area contributed by atoms with Crippen molar-refractivity contribution in [2.45, 2.75) is 37.6 Å². The lowest BCUT2D eigenvalue weighted by molar-refractivity contribution is -0.139. The van der Waals surface area contributed by atoms with Crippen LogP contribution in [0.4, 0.5) is 4.79 Å². The fourth-order valence-electron chi connectivity index (χ4n) is 3.66. The molecule has 1 aliphatic rings. The maximum atomic E-state index is 12.2. The topological polar surface area (TPSA) is 75.6 Å². The second-order valence-electron chi connectivity index (χ2n) is 6.90. The molecule has 3 rings (SSSR count). The molecular formula is C22H24INO4. The Bertz CT molecular complexity index is 793. The van der Waals surface area contributed by atoms with Gasteiger partial charge < -0.3 is 15.2 Å². The third kappa shape index (κ3) is 4.84. The average Bonchev–Trinajstić information content (AvgIpc) is 3.02. The van der Waals surface area contributed by atoms with Crippen LogP contribution in [0, 0.1) is 0 Å². The number of hydrogen-bond donors (Lipinski definition) is 2. The SMILES string of the molecule is O=C(NC(CCCCCI)C(=O)O)OCC1c2ccccc2-c2ccccc21. The minimum Gasteiger partial charge on any atom is -0.480 e. The van der Waals surface area contributed by atoms with Gasteiger partial charge >= 0.3 is 12.1 Å². The molecule has 0 bridgehead atoms. The molecule has 0 saturated heterocycles. The van der Waals surface area contributed by atoms with Crippen LogP contribution >= 0.6 is 22.6 Å². The fraction of sp³-hybridized carbons (Fsp3) is 0.364. The van der Waals surface area contributed by atoms with E-state index in [2.05, 4.69) is 52.2 Å². The second kappa shape index (κ2) is 9.91. The minimum atomic E-state index is -1.03. The molecule has 0 fully saturated rings. The summed E-state index contributed by atoms with van der Waals surface area (Å²) >= 11 is 2.30. The number of carbonyl (C=O) groups excluding carboxylic acids is 1. The first-order valence-electron chi connectivity index (χ1n) is 9.52. The first-order chi connectivity index (χ1) is 13.6. The van der Waals surface area contributed by atoms with Crippen LogP contribution in [0.5, 0.6) is 0 Å². The maximum Gasteiger partial charge on any atom is 0.407 e. The molecule has 6 heteroatoms. The van der Waals surface area contributed by atoms with E-state index in [0.717, 1.165) is 45.9 Å². The summed E-state index contributed by atoms with van der Waals surface area (Å²) in [6, 6.07) is 15.3. The van der Waals surface area contributed by atoms with E-state index >= 15 is 0 Å². The molecule has 2 aromatic rings. The number of alkyl carbamates (subject to hydrolysis) is 1. The zero-order chi connectivity index (χ0) is 19.9. The highest BCUT2D eigenvalue weighted by atomic mass is 127. The van der Waals surface area contributed by atoms with Crippen molar-refractivity contribution in [1.29, 1.82) is 0 Å². The molecule has 0 spiro atoms. The van der Waals surface area contributed by atoms with Crippen molar-refractivity contribution in [3.63, 3.8) is 0 Å². The molecule has 0 heterocycles. The lowest BCUT2D eigenvalue weighted by Crippen LogP contribution is -2.41. The number of amides is 1. The van der Waals surface area contributed by atoms with Gasteiger partial charge in [-0.05, 0) is 39.5 Å². The Labute approximate surface area is 178 Å². The molecule has 2 aromatic carbocycles. The van der Waals surface area contributed by atoms with E-state index in [-0.39, 0.29) is 12.5 Å². The van der Waals surface area contributed by atoms with Gasteiger partial charge in [0, 0.05) is 5.92 Å². The smallest absolute Gasteiger partial charge is 0.407 e. The number of halogens is 1. The summed E-state index contributed by atoms with van der Waals surface area (Å²) in [5, 5.41) is 11.8. The van der Waals surface area contributed by atoms with Crippen LogP contribution in [0.25, 0.3) is 11.1 Å². The van der Waals surface area contributed by atoms with Crippen molar-refractivity contribution in [3.05, 3.63) is 59.7 Å². The lowest BCUT2D eigenvalue weighted by atomic mass is 9.98. The molecule has 0 radical (unpaired) electrons. The normalized spacial score (nSPS) is 13.5. The van der Waals surface area contributed by atoms with E-state index < -0.39 is 18.1 Å². The standard InChI is InChI=1S/C22H24INO4/c23-13-7-1-2-12-20(21(25)26)24-22(27)28-14-19-17-10-5-3-8-15(17)16-9-4-6-11-18(16)19/h3-6,8-11,19-20H,1-2,7,12-14H2,(H,24,27)(H,25,26). The van der Waals surface area contributed by atoms with Crippen molar-refractivity contribution in [3.8, 4) is 11.1 Å². The molecule has 2 N–H and O–H groups in total. The van der Waals surface area contributed by atoms with Gasteiger partial charge in [-0.3, -0.25) is 0 Å². The number of rotatable bonds is 9. The molecule has 5 nitrogen and oxygen atoms in total. The second-order valence-corrected chi connectivity index (χ2v) is 7.98. The monoisotopic (exact) mass is 493 g/mol. The number of alkyl halides is 1. The molecular weight excluding hydrogens is 469 g/mol. The van der Waals surface area contributed by atoms with Crippen LogP contribution in [0.2, 0.25) is 0 Å². The van der Waals surface area contributed by atoms with Crippen LogP contribution in [0.1, 0.15) is 42.7 Å². The fourth-order valence-corrected chi connectivity index (χ4v) is 4.20. The Kier molecular flexibility index (Phi) is 7.30. The highest BCUT2D eigenvalue weighted by Crippen LogP contribution is 2.44. The molecule has 1 unspecified atom stereocenters. The summed E-state index contributed by atoms with van der Waals surface area (Å²) in [4.78, 5) is 23.6. The van der Waals surface area contributed by atoms with Crippen molar-refractivity contribution < 1.29 is 19.4 Å². The number of carbonyl (C=O) groups is 2. The summed E-state index contributed by atoms with van der Waals surface area (Å²) in [5.41, 5.74) is 4.58. The number of carboxylic acid groups (broad SMARTS) is 1. The van der Waals surface area contributed by atoms with Gasteiger partial charge in [0.05, 0.1) is 0 Å².